The first-order valence-corrected chi connectivity index (χ1v) is 11.1. The minimum atomic E-state index is -0.909. The summed E-state index contributed by atoms with van der Waals surface area (Å²) in [6, 6.07) is 15.6. The van der Waals surface area contributed by atoms with E-state index in [1.54, 1.807) is 24.3 Å². The maximum Gasteiger partial charge on any atom is 0.307 e. The summed E-state index contributed by atoms with van der Waals surface area (Å²) in [7, 11) is 0. The summed E-state index contributed by atoms with van der Waals surface area (Å²) in [4.78, 5) is 36.8. The van der Waals surface area contributed by atoms with Crippen molar-refractivity contribution >= 4 is 23.5 Å². The van der Waals surface area contributed by atoms with Crippen LogP contribution in [-0.4, -0.2) is 35.5 Å². The highest BCUT2D eigenvalue weighted by Gasteiger charge is 2.29. The van der Waals surface area contributed by atoms with Crippen LogP contribution in [0.25, 0.3) is 0 Å². The number of hydrogen-bond donors (Lipinski definition) is 4. The molecule has 3 rings (SSSR count). The van der Waals surface area contributed by atoms with Gasteiger partial charge in [-0.25, -0.2) is 0 Å². The van der Waals surface area contributed by atoms with Gasteiger partial charge in [0, 0.05) is 18.0 Å². The Labute approximate surface area is 188 Å². The van der Waals surface area contributed by atoms with Gasteiger partial charge in [0.05, 0.1) is 6.42 Å². The number of rotatable bonds is 9. The molecule has 32 heavy (non-hydrogen) atoms. The van der Waals surface area contributed by atoms with Crippen molar-refractivity contribution in [2.45, 2.75) is 44.6 Å². The number of carbonyl (C=O) groups excluding carboxylic acids is 2. The Hall–Kier alpha value is -3.19. The molecule has 2 aromatic carbocycles. The molecule has 1 atom stereocenters. The maximum absolute atomic E-state index is 13.1. The molecule has 2 amide bonds. The number of anilines is 1. The molecule has 0 heterocycles. The van der Waals surface area contributed by atoms with Crippen LogP contribution in [0.5, 0.6) is 0 Å². The van der Waals surface area contributed by atoms with E-state index in [9.17, 15) is 14.4 Å². The molecule has 1 aliphatic rings. The standard InChI is InChI=1S/C25H31N3O4/c26-16-19-6-10-20(11-7-19)24(31)28-22(14-17-4-2-1-3-5-17)25(32)27-21-12-8-18(9-13-21)15-23(29)30/h1-5,8-9,12-13,19-20,22H,6-7,10-11,14-16,26H2,(H,27,32)(H,28,31)(H,29,30). The van der Waals surface area contributed by atoms with Gasteiger partial charge in [-0.2, -0.15) is 0 Å². The number of benzene rings is 2. The molecule has 1 saturated carbocycles. The van der Waals surface area contributed by atoms with Gasteiger partial charge >= 0.3 is 5.97 Å². The van der Waals surface area contributed by atoms with E-state index < -0.39 is 12.0 Å². The van der Waals surface area contributed by atoms with Crippen LogP contribution >= 0.6 is 0 Å². The average molecular weight is 438 g/mol. The monoisotopic (exact) mass is 437 g/mol. The highest BCUT2D eigenvalue weighted by atomic mass is 16.4. The fourth-order valence-electron chi connectivity index (χ4n) is 4.12. The van der Waals surface area contributed by atoms with Crippen LogP contribution in [0, 0.1) is 11.8 Å². The average Bonchev–Trinajstić information content (AvgIpc) is 2.80. The second kappa shape index (κ2) is 11.4. The number of carboxylic acid groups (broad SMARTS) is 1. The molecule has 7 nitrogen and oxygen atoms in total. The predicted molar refractivity (Wildman–Crippen MR) is 123 cm³/mol. The van der Waals surface area contributed by atoms with Gasteiger partial charge in [0.2, 0.25) is 11.8 Å². The minimum Gasteiger partial charge on any atom is -0.481 e. The largest absolute Gasteiger partial charge is 0.481 e. The van der Waals surface area contributed by atoms with Crippen molar-refractivity contribution in [2.75, 3.05) is 11.9 Å². The van der Waals surface area contributed by atoms with Crippen LogP contribution < -0.4 is 16.4 Å². The third-order valence-corrected chi connectivity index (χ3v) is 6.04. The topological polar surface area (TPSA) is 122 Å². The Bertz CT molecular complexity index is 907. The lowest BCUT2D eigenvalue weighted by Gasteiger charge is -2.28. The number of amides is 2. The van der Waals surface area contributed by atoms with Crippen molar-refractivity contribution < 1.29 is 19.5 Å². The Morgan fingerprint density at radius 3 is 2.19 bits per heavy atom. The van der Waals surface area contributed by atoms with Crippen molar-refractivity contribution in [1.82, 2.24) is 5.32 Å². The number of carboxylic acids is 1. The van der Waals surface area contributed by atoms with Gasteiger partial charge in [-0.1, -0.05) is 42.5 Å². The van der Waals surface area contributed by atoms with Crippen LogP contribution in [0.1, 0.15) is 36.8 Å². The summed E-state index contributed by atoms with van der Waals surface area (Å²) in [5.41, 5.74) is 7.92. The SMILES string of the molecule is NCC1CCC(C(=O)NC(Cc2ccccc2)C(=O)Nc2ccc(CC(=O)O)cc2)CC1. The molecule has 1 aliphatic carbocycles. The van der Waals surface area contributed by atoms with Crippen LogP contribution in [0.2, 0.25) is 0 Å². The lowest BCUT2D eigenvalue weighted by atomic mass is 9.81. The van der Waals surface area contributed by atoms with E-state index in [2.05, 4.69) is 10.6 Å². The fraction of sp³-hybridized carbons (Fsp3) is 0.400. The normalized spacial score (nSPS) is 19.0. The van der Waals surface area contributed by atoms with Crippen LogP contribution in [0.3, 0.4) is 0 Å². The van der Waals surface area contributed by atoms with E-state index in [4.69, 9.17) is 10.8 Å². The molecular formula is C25H31N3O4. The number of aliphatic carboxylic acids is 1. The van der Waals surface area contributed by atoms with Gasteiger partial charge in [-0.15, -0.1) is 0 Å². The van der Waals surface area contributed by atoms with Crippen molar-refractivity contribution in [2.24, 2.45) is 17.6 Å². The molecule has 0 radical (unpaired) electrons. The third kappa shape index (κ3) is 6.92. The van der Waals surface area contributed by atoms with Gasteiger partial charge in [-0.3, -0.25) is 14.4 Å². The summed E-state index contributed by atoms with van der Waals surface area (Å²) in [5, 5.41) is 14.7. The third-order valence-electron chi connectivity index (χ3n) is 6.04. The van der Waals surface area contributed by atoms with Gasteiger partial charge in [0.25, 0.3) is 0 Å². The minimum absolute atomic E-state index is 0.0761. The first-order chi connectivity index (χ1) is 15.4. The van der Waals surface area contributed by atoms with E-state index in [1.807, 2.05) is 30.3 Å². The first-order valence-electron chi connectivity index (χ1n) is 11.1. The zero-order valence-electron chi connectivity index (χ0n) is 18.1. The molecule has 0 aromatic heterocycles. The van der Waals surface area contributed by atoms with Crippen LogP contribution in [0.4, 0.5) is 5.69 Å². The number of hydrogen-bond acceptors (Lipinski definition) is 4. The Morgan fingerprint density at radius 2 is 1.59 bits per heavy atom. The van der Waals surface area contributed by atoms with Gasteiger partial charge < -0.3 is 21.5 Å². The van der Waals surface area contributed by atoms with E-state index >= 15 is 0 Å². The summed E-state index contributed by atoms with van der Waals surface area (Å²) < 4.78 is 0. The molecular weight excluding hydrogens is 406 g/mol. The van der Waals surface area contributed by atoms with Crippen LogP contribution in [0.15, 0.2) is 54.6 Å². The summed E-state index contributed by atoms with van der Waals surface area (Å²) >= 11 is 0. The highest BCUT2D eigenvalue weighted by Crippen LogP contribution is 2.28. The molecule has 2 aromatic rings. The fourth-order valence-corrected chi connectivity index (χ4v) is 4.12. The second-order valence-electron chi connectivity index (χ2n) is 8.46. The van der Waals surface area contributed by atoms with Crippen molar-refractivity contribution in [3.8, 4) is 0 Å². The molecule has 5 N–H and O–H groups in total. The molecule has 0 bridgehead atoms. The quantitative estimate of drug-likeness (QED) is 0.481. The number of carbonyl (C=O) groups is 3. The maximum atomic E-state index is 13.1. The van der Waals surface area contributed by atoms with E-state index in [-0.39, 0.29) is 24.2 Å². The zero-order valence-corrected chi connectivity index (χ0v) is 18.1. The van der Waals surface area contributed by atoms with Crippen molar-refractivity contribution in [1.29, 1.82) is 0 Å². The van der Waals surface area contributed by atoms with Gasteiger partial charge in [0.1, 0.15) is 6.04 Å². The summed E-state index contributed by atoms with van der Waals surface area (Å²) in [6.07, 6.45) is 3.76. The second-order valence-corrected chi connectivity index (χ2v) is 8.46. The molecule has 7 heteroatoms. The van der Waals surface area contributed by atoms with Gasteiger partial charge in [0.15, 0.2) is 0 Å². The molecule has 170 valence electrons. The summed E-state index contributed by atoms with van der Waals surface area (Å²) in [5.74, 6) is -0.921. The smallest absolute Gasteiger partial charge is 0.307 e. The van der Waals surface area contributed by atoms with E-state index in [0.717, 1.165) is 31.2 Å². The lowest BCUT2D eigenvalue weighted by molar-refractivity contribution is -0.136. The summed E-state index contributed by atoms with van der Waals surface area (Å²) in [6.45, 7) is 0.651. The predicted octanol–water partition coefficient (Wildman–Crippen LogP) is 2.74. The van der Waals surface area contributed by atoms with Crippen molar-refractivity contribution in [3.63, 3.8) is 0 Å². The Morgan fingerprint density at radius 1 is 0.938 bits per heavy atom. The van der Waals surface area contributed by atoms with Gasteiger partial charge in [-0.05, 0) is 61.4 Å². The number of nitrogens with two attached hydrogens (primary N) is 1. The Kier molecular flexibility index (Phi) is 8.39. The van der Waals surface area contributed by atoms with E-state index in [1.165, 1.54) is 0 Å². The molecule has 1 fully saturated rings. The molecule has 0 saturated heterocycles. The lowest BCUT2D eigenvalue weighted by Crippen LogP contribution is -2.48. The van der Waals surface area contributed by atoms with E-state index in [0.29, 0.717) is 30.1 Å². The molecule has 0 spiro atoms. The number of nitrogens with one attached hydrogen (secondary N) is 2. The Balaban J connectivity index is 1.67. The first kappa shape index (κ1) is 23.5. The molecule has 0 aliphatic heterocycles. The van der Waals surface area contributed by atoms with Crippen LogP contribution in [-0.2, 0) is 27.2 Å². The molecule has 1 unspecified atom stereocenters. The zero-order chi connectivity index (χ0) is 22.9. The highest BCUT2D eigenvalue weighted by molar-refractivity contribution is 5.97. The van der Waals surface area contributed by atoms with Crippen molar-refractivity contribution in [3.05, 3.63) is 65.7 Å².